The molecule has 0 unspecified atom stereocenters. The fraction of sp³-hybridized carbons (Fsp3) is 0.118. The summed E-state index contributed by atoms with van der Waals surface area (Å²) in [6.07, 6.45) is 0. The van der Waals surface area contributed by atoms with Gasteiger partial charge in [0.25, 0.3) is 0 Å². The first-order chi connectivity index (χ1) is 10.7. The number of fused-ring (bicyclic) bond motifs is 1. The van der Waals surface area contributed by atoms with E-state index in [0.717, 1.165) is 28.1 Å². The molecule has 22 heavy (non-hydrogen) atoms. The molecule has 0 saturated carbocycles. The monoisotopic (exact) mass is 297 g/mol. The summed E-state index contributed by atoms with van der Waals surface area (Å²) < 4.78 is 10.8. The number of aromatic carboxylic acids is 1. The predicted octanol–water partition coefficient (Wildman–Crippen LogP) is 3.45. The van der Waals surface area contributed by atoms with Crippen LogP contribution in [0.25, 0.3) is 10.9 Å². The number of H-pyrrole nitrogens is 1. The Balaban J connectivity index is 1.74. The van der Waals surface area contributed by atoms with Crippen molar-refractivity contribution in [1.82, 2.24) is 4.98 Å². The molecule has 3 aromatic rings. The third-order valence-corrected chi connectivity index (χ3v) is 3.38. The number of benzene rings is 2. The van der Waals surface area contributed by atoms with Crippen LogP contribution in [0.4, 0.5) is 0 Å². The van der Waals surface area contributed by atoms with Crippen molar-refractivity contribution in [3.05, 3.63) is 59.8 Å². The fourth-order valence-electron chi connectivity index (χ4n) is 2.24. The molecule has 0 bridgehead atoms. The maximum Gasteiger partial charge on any atom is 0.335 e. The zero-order valence-electron chi connectivity index (χ0n) is 12.0. The van der Waals surface area contributed by atoms with Gasteiger partial charge in [-0.25, -0.2) is 4.79 Å². The van der Waals surface area contributed by atoms with Crippen molar-refractivity contribution in [2.24, 2.45) is 0 Å². The average molecular weight is 297 g/mol. The van der Waals surface area contributed by atoms with Gasteiger partial charge in [0, 0.05) is 10.9 Å². The lowest BCUT2D eigenvalue weighted by Gasteiger charge is -2.05. The highest BCUT2D eigenvalue weighted by Crippen LogP contribution is 2.21. The molecule has 2 aromatic carbocycles. The molecule has 0 amide bonds. The molecule has 0 spiro atoms. The summed E-state index contributed by atoms with van der Waals surface area (Å²) in [5.41, 5.74) is 2.04. The van der Waals surface area contributed by atoms with Gasteiger partial charge in [-0.1, -0.05) is 0 Å². The van der Waals surface area contributed by atoms with Gasteiger partial charge in [-0.3, -0.25) is 0 Å². The number of aromatic nitrogens is 1. The van der Waals surface area contributed by atoms with Gasteiger partial charge in [-0.05, 0) is 48.5 Å². The average Bonchev–Trinajstić information content (AvgIpc) is 2.95. The first kappa shape index (κ1) is 14.0. The second kappa shape index (κ2) is 5.81. The highest BCUT2D eigenvalue weighted by molar-refractivity contribution is 5.93. The Hall–Kier alpha value is -2.95. The molecule has 0 saturated heterocycles. The van der Waals surface area contributed by atoms with Crippen LogP contribution < -0.4 is 9.47 Å². The minimum atomic E-state index is -0.931. The van der Waals surface area contributed by atoms with E-state index in [1.165, 1.54) is 0 Å². The van der Waals surface area contributed by atoms with Gasteiger partial charge in [0.15, 0.2) is 0 Å². The minimum absolute atomic E-state index is 0.272. The number of carboxylic acid groups (broad SMARTS) is 1. The molecular weight excluding hydrogens is 282 g/mol. The molecule has 0 radical (unpaired) electrons. The van der Waals surface area contributed by atoms with Crippen molar-refractivity contribution in [1.29, 1.82) is 0 Å². The number of hydrogen-bond donors (Lipinski definition) is 2. The number of ether oxygens (including phenoxy) is 2. The van der Waals surface area contributed by atoms with Gasteiger partial charge < -0.3 is 19.6 Å². The number of carboxylic acids is 1. The third kappa shape index (κ3) is 2.88. The maximum absolute atomic E-state index is 11.0. The zero-order chi connectivity index (χ0) is 15.5. The van der Waals surface area contributed by atoms with E-state index in [1.807, 2.05) is 30.3 Å². The van der Waals surface area contributed by atoms with Gasteiger partial charge in [0.2, 0.25) is 0 Å². The topological polar surface area (TPSA) is 71.6 Å². The zero-order valence-corrected chi connectivity index (χ0v) is 12.0. The smallest absolute Gasteiger partial charge is 0.335 e. The number of nitrogens with one attached hydrogen (secondary N) is 1. The van der Waals surface area contributed by atoms with Gasteiger partial charge in [0.1, 0.15) is 18.1 Å². The van der Waals surface area contributed by atoms with Crippen molar-refractivity contribution in [2.45, 2.75) is 6.61 Å². The molecule has 5 nitrogen and oxygen atoms in total. The molecule has 2 N–H and O–H groups in total. The standard InChI is InChI=1S/C17H15NO4/c1-21-14-3-5-15(6-4-14)22-10-13-9-12-8-11(17(19)20)2-7-16(12)18-13/h2-9,18H,10H2,1H3,(H,19,20). The molecule has 1 aromatic heterocycles. The normalized spacial score (nSPS) is 10.6. The molecule has 3 rings (SSSR count). The summed E-state index contributed by atoms with van der Waals surface area (Å²) >= 11 is 0. The Kier molecular flexibility index (Phi) is 3.70. The van der Waals surface area contributed by atoms with Gasteiger partial charge >= 0.3 is 5.97 Å². The van der Waals surface area contributed by atoms with E-state index in [0.29, 0.717) is 6.61 Å². The summed E-state index contributed by atoms with van der Waals surface area (Å²) in [5, 5.41) is 9.86. The van der Waals surface area contributed by atoms with Crippen LogP contribution in [-0.2, 0) is 6.61 Å². The lowest BCUT2D eigenvalue weighted by molar-refractivity contribution is 0.0697. The summed E-state index contributed by atoms with van der Waals surface area (Å²) in [4.78, 5) is 14.2. The molecule has 0 aliphatic carbocycles. The van der Waals surface area contributed by atoms with Crippen molar-refractivity contribution >= 4 is 16.9 Å². The first-order valence-corrected chi connectivity index (χ1v) is 6.77. The van der Waals surface area contributed by atoms with Crippen molar-refractivity contribution in [3.8, 4) is 11.5 Å². The first-order valence-electron chi connectivity index (χ1n) is 6.77. The van der Waals surface area contributed by atoms with Crippen LogP contribution in [0.2, 0.25) is 0 Å². The van der Waals surface area contributed by atoms with Gasteiger partial charge in [-0.2, -0.15) is 0 Å². The number of carbonyl (C=O) groups is 1. The Bertz CT molecular complexity index is 805. The summed E-state index contributed by atoms with van der Waals surface area (Å²) in [7, 11) is 1.62. The van der Waals surface area contributed by atoms with Crippen molar-refractivity contribution < 1.29 is 19.4 Å². The van der Waals surface area contributed by atoms with Crippen LogP contribution in [0.5, 0.6) is 11.5 Å². The number of aromatic amines is 1. The Morgan fingerprint density at radius 2 is 1.82 bits per heavy atom. The second-order valence-electron chi connectivity index (χ2n) is 4.87. The van der Waals surface area contributed by atoms with E-state index in [4.69, 9.17) is 14.6 Å². The Labute approximate surface area is 127 Å². The Morgan fingerprint density at radius 1 is 1.09 bits per heavy atom. The minimum Gasteiger partial charge on any atom is -0.497 e. The molecular formula is C17H15NO4. The number of hydrogen-bond acceptors (Lipinski definition) is 3. The summed E-state index contributed by atoms with van der Waals surface area (Å²) in [5.74, 6) is 0.587. The van der Waals surface area contributed by atoms with Crippen LogP contribution >= 0.6 is 0 Å². The van der Waals surface area contributed by atoms with Crippen LogP contribution in [-0.4, -0.2) is 23.2 Å². The van der Waals surface area contributed by atoms with Gasteiger partial charge in [0.05, 0.1) is 18.4 Å². The van der Waals surface area contributed by atoms with Crippen molar-refractivity contribution in [3.63, 3.8) is 0 Å². The highest BCUT2D eigenvalue weighted by atomic mass is 16.5. The van der Waals surface area contributed by atoms with Gasteiger partial charge in [-0.15, -0.1) is 0 Å². The van der Waals surface area contributed by atoms with Crippen LogP contribution in [0, 0.1) is 0 Å². The molecule has 112 valence electrons. The number of methoxy groups -OCH3 is 1. The summed E-state index contributed by atoms with van der Waals surface area (Å²) in [6, 6.07) is 14.2. The largest absolute Gasteiger partial charge is 0.497 e. The SMILES string of the molecule is COc1ccc(OCc2cc3cc(C(=O)O)ccc3[nH]2)cc1. The molecule has 0 fully saturated rings. The lowest BCUT2D eigenvalue weighted by Crippen LogP contribution is -1.95. The lowest BCUT2D eigenvalue weighted by atomic mass is 10.1. The van der Waals surface area contributed by atoms with E-state index in [1.54, 1.807) is 25.3 Å². The van der Waals surface area contributed by atoms with Crippen LogP contribution in [0.3, 0.4) is 0 Å². The predicted molar refractivity (Wildman–Crippen MR) is 82.6 cm³/mol. The molecule has 0 atom stereocenters. The van der Waals surface area contributed by atoms with Crippen molar-refractivity contribution in [2.75, 3.05) is 7.11 Å². The van der Waals surface area contributed by atoms with E-state index < -0.39 is 5.97 Å². The van der Waals surface area contributed by atoms with E-state index in [9.17, 15) is 4.79 Å². The maximum atomic E-state index is 11.0. The number of rotatable bonds is 5. The molecule has 0 aliphatic rings. The van der Waals surface area contributed by atoms with Crippen LogP contribution in [0.1, 0.15) is 16.1 Å². The van der Waals surface area contributed by atoms with E-state index >= 15 is 0 Å². The fourth-order valence-corrected chi connectivity index (χ4v) is 2.24. The summed E-state index contributed by atoms with van der Waals surface area (Å²) in [6.45, 7) is 0.378. The molecule has 5 heteroatoms. The molecule has 0 aliphatic heterocycles. The van der Waals surface area contributed by atoms with E-state index in [-0.39, 0.29) is 5.56 Å². The third-order valence-electron chi connectivity index (χ3n) is 3.38. The second-order valence-corrected chi connectivity index (χ2v) is 4.87. The Morgan fingerprint density at radius 3 is 2.50 bits per heavy atom. The van der Waals surface area contributed by atoms with E-state index in [2.05, 4.69) is 4.98 Å². The molecule has 1 heterocycles. The quantitative estimate of drug-likeness (QED) is 0.756. The highest BCUT2D eigenvalue weighted by Gasteiger charge is 2.07. The van der Waals surface area contributed by atoms with Crippen LogP contribution in [0.15, 0.2) is 48.5 Å².